The Morgan fingerprint density at radius 1 is 1.07 bits per heavy atom. The van der Waals surface area contributed by atoms with E-state index in [2.05, 4.69) is 21.7 Å². The Kier molecular flexibility index (Phi) is 5.39. The van der Waals surface area contributed by atoms with Crippen LogP contribution in [0.2, 0.25) is 5.02 Å². The lowest BCUT2D eigenvalue weighted by molar-refractivity contribution is -0.117. The van der Waals surface area contributed by atoms with Crippen LogP contribution in [-0.4, -0.2) is 16.8 Å². The Morgan fingerprint density at radius 3 is 2.45 bits per heavy atom. The van der Waals surface area contributed by atoms with Crippen LogP contribution in [0.4, 0.5) is 10.8 Å². The molecule has 1 aliphatic carbocycles. The second kappa shape index (κ2) is 7.97. The van der Waals surface area contributed by atoms with Gasteiger partial charge in [0.2, 0.25) is 5.91 Å². The maximum absolute atomic E-state index is 12.8. The molecule has 2 N–H and O–H groups in total. The van der Waals surface area contributed by atoms with Crippen molar-refractivity contribution in [2.75, 3.05) is 10.6 Å². The molecule has 3 aromatic rings. The minimum atomic E-state index is -0.303. The molecule has 0 fully saturated rings. The number of rotatable bonds is 4. The van der Waals surface area contributed by atoms with Crippen LogP contribution in [0, 0.1) is 13.8 Å². The van der Waals surface area contributed by atoms with E-state index in [4.69, 9.17) is 11.6 Å². The number of thiazole rings is 1. The van der Waals surface area contributed by atoms with Crippen molar-refractivity contribution in [3.8, 4) is 0 Å². The van der Waals surface area contributed by atoms with Crippen molar-refractivity contribution >= 4 is 45.6 Å². The molecule has 0 spiro atoms. The van der Waals surface area contributed by atoms with E-state index in [0.717, 1.165) is 40.2 Å². The summed E-state index contributed by atoms with van der Waals surface area (Å²) < 4.78 is 0. The van der Waals surface area contributed by atoms with E-state index in [9.17, 15) is 9.59 Å². The molecule has 2 aromatic carbocycles. The molecular weight excluding hydrogens is 406 g/mol. The summed E-state index contributed by atoms with van der Waals surface area (Å²) in [7, 11) is 0. The Morgan fingerprint density at radius 2 is 1.76 bits per heavy atom. The van der Waals surface area contributed by atoms with E-state index in [1.54, 1.807) is 24.3 Å². The van der Waals surface area contributed by atoms with Gasteiger partial charge < -0.3 is 5.32 Å². The van der Waals surface area contributed by atoms with Gasteiger partial charge in [-0.05, 0) is 74.2 Å². The summed E-state index contributed by atoms with van der Waals surface area (Å²) >= 11 is 7.30. The number of hydrogen-bond donors (Lipinski definition) is 2. The molecule has 1 unspecified atom stereocenters. The third kappa shape index (κ3) is 4.33. The summed E-state index contributed by atoms with van der Waals surface area (Å²) in [6, 6.07) is 12.7. The SMILES string of the molecule is Cc1cc(C)cc(NC(=O)C2CCc3sc(NC(=O)c4ccc(Cl)cc4)nc32)c1. The van der Waals surface area contributed by atoms with Gasteiger partial charge >= 0.3 is 0 Å². The molecule has 4 rings (SSSR count). The van der Waals surface area contributed by atoms with Crippen LogP contribution in [0.15, 0.2) is 42.5 Å². The van der Waals surface area contributed by atoms with Gasteiger partial charge in [0.15, 0.2) is 5.13 Å². The quantitative estimate of drug-likeness (QED) is 0.593. The van der Waals surface area contributed by atoms with Crippen LogP contribution >= 0.6 is 22.9 Å². The average Bonchev–Trinajstić information content (AvgIpc) is 3.21. The second-order valence-corrected chi connectivity index (χ2v) is 8.77. The lowest BCUT2D eigenvalue weighted by Crippen LogP contribution is -2.20. The standard InChI is InChI=1S/C22H20ClN3O2S/c1-12-9-13(2)11-16(10-12)24-21(28)17-7-8-18-19(17)25-22(29-18)26-20(27)14-3-5-15(23)6-4-14/h3-6,9-11,17H,7-8H2,1-2H3,(H,24,28)(H,25,26,27). The summed E-state index contributed by atoms with van der Waals surface area (Å²) in [4.78, 5) is 30.8. The van der Waals surface area contributed by atoms with Crippen molar-refractivity contribution in [1.82, 2.24) is 4.98 Å². The highest BCUT2D eigenvalue weighted by molar-refractivity contribution is 7.16. The van der Waals surface area contributed by atoms with E-state index >= 15 is 0 Å². The van der Waals surface area contributed by atoms with Crippen LogP contribution in [0.25, 0.3) is 0 Å². The molecule has 1 aliphatic rings. The van der Waals surface area contributed by atoms with Gasteiger partial charge in [0.25, 0.3) is 5.91 Å². The number of nitrogens with zero attached hydrogens (tertiary/aromatic N) is 1. The topological polar surface area (TPSA) is 71.1 Å². The highest BCUT2D eigenvalue weighted by atomic mass is 35.5. The van der Waals surface area contributed by atoms with Gasteiger partial charge in [-0.1, -0.05) is 17.7 Å². The number of aromatic nitrogens is 1. The van der Waals surface area contributed by atoms with Gasteiger partial charge in [0.1, 0.15) is 0 Å². The molecule has 148 valence electrons. The number of benzene rings is 2. The Balaban J connectivity index is 1.47. The largest absolute Gasteiger partial charge is 0.325 e. The molecule has 0 saturated heterocycles. The van der Waals surface area contributed by atoms with Crippen LogP contribution in [0.3, 0.4) is 0 Å². The lowest BCUT2D eigenvalue weighted by atomic mass is 10.1. The fourth-order valence-electron chi connectivity index (χ4n) is 3.58. The maximum atomic E-state index is 12.8. The van der Waals surface area contributed by atoms with E-state index in [0.29, 0.717) is 15.7 Å². The van der Waals surface area contributed by atoms with Crippen molar-refractivity contribution in [3.05, 3.63) is 74.7 Å². The first-order valence-electron chi connectivity index (χ1n) is 9.35. The van der Waals surface area contributed by atoms with E-state index in [-0.39, 0.29) is 17.7 Å². The van der Waals surface area contributed by atoms with Gasteiger partial charge in [-0.15, -0.1) is 11.3 Å². The van der Waals surface area contributed by atoms with Gasteiger partial charge in [0.05, 0.1) is 11.6 Å². The molecular formula is C22H20ClN3O2S. The Labute approximate surface area is 178 Å². The summed E-state index contributed by atoms with van der Waals surface area (Å²) in [6.45, 7) is 4.01. The normalized spacial score (nSPS) is 15.1. The molecule has 7 heteroatoms. The van der Waals surface area contributed by atoms with Crippen molar-refractivity contribution < 1.29 is 9.59 Å². The lowest BCUT2D eigenvalue weighted by Gasteiger charge is -2.12. The smallest absolute Gasteiger partial charge is 0.257 e. The van der Waals surface area contributed by atoms with Crippen molar-refractivity contribution in [1.29, 1.82) is 0 Å². The number of carbonyl (C=O) groups is 2. The number of anilines is 2. The molecule has 0 aliphatic heterocycles. The second-order valence-electron chi connectivity index (χ2n) is 7.25. The zero-order valence-electron chi connectivity index (χ0n) is 16.1. The van der Waals surface area contributed by atoms with Crippen LogP contribution in [0.5, 0.6) is 0 Å². The van der Waals surface area contributed by atoms with Crippen molar-refractivity contribution in [3.63, 3.8) is 0 Å². The first-order valence-corrected chi connectivity index (χ1v) is 10.5. The van der Waals surface area contributed by atoms with Crippen LogP contribution in [0.1, 0.15) is 44.4 Å². The highest BCUT2D eigenvalue weighted by Gasteiger charge is 2.33. The average molecular weight is 426 g/mol. The van der Waals surface area contributed by atoms with Crippen LogP contribution < -0.4 is 10.6 Å². The third-order valence-corrected chi connectivity index (χ3v) is 6.15. The van der Waals surface area contributed by atoms with Gasteiger partial charge in [-0.2, -0.15) is 0 Å². The Hall–Kier alpha value is -2.70. The minimum absolute atomic E-state index is 0.0605. The van der Waals surface area contributed by atoms with E-state index < -0.39 is 0 Å². The fourth-order valence-corrected chi connectivity index (χ4v) is 4.74. The summed E-state index contributed by atoms with van der Waals surface area (Å²) in [6.07, 6.45) is 1.52. The number of nitrogens with one attached hydrogen (secondary N) is 2. The predicted molar refractivity (Wildman–Crippen MR) is 117 cm³/mol. The molecule has 1 atom stereocenters. The molecule has 0 bridgehead atoms. The van der Waals surface area contributed by atoms with Crippen molar-refractivity contribution in [2.45, 2.75) is 32.6 Å². The number of fused-ring (bicyclic) bond motifs is 1. The maximum Gasteiger partial charge on any atom is 0.257 e. The zero-order chi connectivity index (χ0) is 20.5. The van der Waals surface area contributed by atoms with Crippen LogP contribution in [-0.2, 0) is 11.2 Å². The minimum Gasteiger partial charge on any atom is -0.325 e. The molecule has 1 heterocycles. The Bertz CT molecular complexity index is 1070. The summed E-state index contributed by atoms with van der Waals surface area (Å²) in [5.41, 5.74) is 4.28. The van der Waals surface area contributed by atoms with Gasteiger partial charge in [0, 0.05) is 21.2 Å². The summed E-state index contributed by atoms with van der Waals surface area (Å²) in [5, 5.41) is 6.93. The molecule has 29 heavy (non-hydrogen) atoms. The van der Waals surface area contributed by atoms with Gasteiger partial charge in [-0.3, -0.25) is 14.9 Å². The number of amides is 2. The summed E-state index contributed by atoms with van der Waals surface area (Å²) in [5.74, 6) is -0.608. The molecule has 0 radical (unpaired) electrons. The first-order chi connectivity index (χ1) is 13.9. The zero-order valence-corrected chi connectivity index (χ0v) is 17.7. The molecule has 0 saturated carbocycles. The number of aryl methyl sites for hydroxylation is 3. The van der Waals surface area contributed by atoms with E-state index in [1.165, 1.54) is 11.3 Å². The van der Waals surface area contributed by atoms with Gasteiger partial charge in [-0.25, -0.2) is 4.98 Å². The van der Waals surface area contributed by atoms with E-state index in [1.807, 2.05) is 26.0 Å². The molecule has 1 aromatic heterocycles. The molecule has 5 nitrogen and oxygen atoms in total. The third-order valence-electron chi connectivity index (χ3n) is 4.85. The predicted octanol–water partition coefficient (Wildman–Crippen LogP) is 5.33. The number of hydrogen-bond acceptors (Lipinski definition) is 4. The molecule has 2 amide bonds. The fraction of sp³-hybridized carbons (Fsp3) is 0.227. The number of carbonyl (C=O) groups excluding carboxylic acids is 2. The van der Waals surface area contributed by atoms with Crippen molar-refractivity contribution in [2.24, 2.45) is 0 Å². The monoisotopic (exact) mass is 425 g/mol. The first kappa shape index (κ1) is 19.6. The number of halogens is 1. The highest BCUT2D eigenvalue weighted by Crippen LogP contribution is 2.39.